The molecule has 3 heteroatoms. The smallest absolute Gasteiger partial charge is 0.119 e. The molecule has 2 aromatic rings. The van der Waals surface area contributed by atoms with Gasteiger partial charge in [-0.2, -0.15) is 0 Å². The Morgan fingerprint density at radius 1 is 1.10 bits per heavy atom. The van der Waals surface area contributed by atoms with Gasteiger partial charge in [0, 0.05) is 17.3 Å². The van der Waals surface area contributed by atoms with Crippen molar-refractivity contribution in [2.24, 2.45) is 0 Å². The van der Waals surface area contributed by atoms with Gasteiger partial charge < -0.3 is 10.1 Å². The van der Waals surface area contributed by atoms with Gasteiger partial charge in [-0.3, -0.25) is 0 Å². The lowest BCUT2D eigenvalue weighted by molar-refractivity contribution is 0.332. The van der Waals surface area contributed by atoms with E-state index in [0.717, 1.165) is 23.0 Å². The van der Waals surface area contributed by atoms with E-state index in [0.29, 0.717) is 12.5 Å². The highest BCUT2D eigenvalue weighted by Gasteiger charge is 2.03. The van der Waals surface area contributed by atoms with Gasteiger partial charge >= 0.3 is 0 Å². The van der Waals surface area contributed by atoms with Crippen LogP contribution in [0.3, 0.4) is 0 Å². The molecule has 21 heavy (non-hydrogen) atoms. The summed E-state index contributed by atoms with van der Waals surface area (Å²) in [7, 11) is 0. The Balaban J connectivity index is 1.84. The fraction of sp³-hybridized carbons (Fsp3) is 0.333. The van der Waals surface area contributed by atoms with Crippen LogP contribution in [0, 0.1) is 6.92 Å². The minimum absolute atomic E-state index is 0.513. The van der Waals surface area contributed by atoms with Crippen LogP contribution in [0.25, 0.3) is 0 Å². The molecule has 2 nitrogen and oxygen atoms in total. The number of ether oxygens (including phenoxy) is 1. The summed E-state index contributed by atoms with van der Waals surface area (Å²) in [5, 5.41) is 4.06. The average Bonchev–Trinajstić information content (AvgIpc) is 2.45. The molecule has 2 aromatic carbocycles. The van der Waals surface area contributed by atoms with Gasteiger partial charge in [0.25, 0.3) is 0 Å². The Bertz CT molecular complexity index is 578. The van der Waals surface area contributed by atoms with Crippen molar-refractivity contribution in [3.63, 3.8) is 0 Å². The van der Waals surface area contributed by atoms with Crippen LogP contribution >= 0.6 is 11.6 Å². The summed E-state index contributed by atoms with van der Waals surface area (Å²) in [5.41, 5.74) is 3.60. The van der Waals surface area contributed by atoms with Crippen molar-refractivity contribution in [2.75, 3.05) is 18.5 Å². The predicted molar refractivity (Wildman–Crippen MR) is 90.7 cm³/mol. The number of benzene rings is 2. The molecule has 2 rings (SSSR count). The van der Waals surface area contributed by atoms with Gasteiger partial charge in [-0.25, -0.2) is 0 Å². The SMILES string of the molecule is Cc1cc(OCCNc2ccc(Cl)cc2)cc(C(C)C)c1. The summed E-state index contributed by atoms with van der Waals surface area (Å²) >= 11 is 5.86. The van der Waals surface area contributed by atoms with E-state index >= 15 is 0 Å². The fourth-order valence-electron chi connectivity index (χ4n) is 2.13. The first-order valence-electron chi connectivity index (χ1n) is 7.28. The second-order valence-corrected chi connectivity index (χ2v) is 5.95. The number of hydrogen-bond donors (Lipinski definition) is 1. The zero-order valence-corrected chi connectivity index (χ0v) is 13.6. The van der Waals surface area contributed by atoms with Crippen LogP contribution in [-0.4, -0.2) is 13.2 Å². The second-order valence-electron chi connectivity index (χ2n) is 5.52. The highest BCUT2D eigenvalue weighted by atomic mass is 35.5. The molecular formula is C18H22ClNO. The van der Waals surface area contributed by atoms with Gasteiger partial charge in [0.1, 0.15) is 12.4 Å². The summed E-state index contributed by atoms with van der Waals surface area (Å²) < 4.78 is 5.83. The van der Waals surface area contributed by atoms with Crippen molar-refractivity contribution in [1.29, 1.82) is 0 Å². The molecule has 0 spiro atoms. The Labute approximate surface area is 132 Å². The molecule has 0 radical (unpaired) electrons. The van der Waals surface area contributed by atoms with Crippen LogP contribution in [0.15, 0.2) is 42.5 Å². The molecule has 112 valence electrons. The van der Waals surface area contributed by atoms with Crippen LogP contribution in [0.4, 0.5) is 5.69 Å². The molecule has 0 aliphatic rings. The van der Waals surface area contributed by atoms with E-state index in [4.69, 9.17) is 16.3 Å². The standard InChI is InChI=1S/C18H22ClNO/c1-13(2)15-10-14(3)11-18(12-15)21-9-8-20-17-6-4-16(19)5-7-17/h4-7,10-13,20H,8-9H2,1-3H3. The molecule has 0 unspecified atom stereocenters. The summed E-state index contributed by atoms with van der Waals surface area (Å²) in [6.45, 7) is 7.88. The van der Waals surface area contributed by atoms with Crippen molar-refractivity contribution >= 4 is 17.3 Å². The fourth-order valence-corrected chi connectivity index (χ4v) is 2.25. The molecule has 0 heterocycles. The topological polar surface area (TPSA) is 21.3 Å². The van der Waals surface area contributed by atoms with Gasteiger partial charge in [-0.1, -0.05) is 31.5 Å². The molecule has 0 saturated carbocycles. The third kappa shape index (κ3) is 4.98. The summed E-state index contributed by atoms with van der Waals surface area (Å²) in [4.78, 5) is 0. The van der Waals surface area contributed by atoms with Crippen molar-refractivity contribution in [3.8, 4) is 5.75 Å². The predicted octanol–water partition coefficient (Wildman–Crippen LogP) is 5.26. The van der Waals surface area contributed by atoms with Gasteiger partial charge in [0.05, 0.1) is 0 Å². The van der Waals surface area contributed by atoms with Crippen molar-refractivity contribution in [2.45, 2.75) is 26.7 Å². The van der Waals surface area contributed by atoms with E-state index in [-0.39, 0.29) is 0 Å². The molecule has 1 N–H and O–H groups in total. The third-order valence-electron chi connectivity index (χ3n) is 3.28. The molecule has 0 aliphatic heterocycles. The van der Waals surface area contributed by atoms with E-state index in [1.54, 1.807) is 0 Å². The lowest BCUT2D eigenvalue weighted by Crippen LogP contribution is -2.11. The number of rotatable bonds is 6. The van der Waals surface area contributed by atoms with Crippen LogP contribution in [0.2, 0.25) is 5.02 Å². The molecule has 0 aromatic heterocycles. The Morgan fingerprint density at radius 3 is 2.48 bits per heavy atom. The zero-order valence-electron chi connectivity index (χ0n) is 12.8. The van der Waals surface area contributed by atoms with Gasteiger partial charge in [0.2, 0.25) is 0 Å². The van der Waals surface area contributed by atoms with Crippen LogP contribution < -0.4 is 10.1 Å². The Morgan fingerprint density at radius 2 is 1.81 bits per heavy atom. The lowest BCUT2D eigenvalue weighted by atomic mass is 10.0. The molecular weight excluding hydrogens is 282 g/mol. The monoisotopic (exact) mass is 303 g/mol. The first kappa shape index (κ1) is 15.7. The van der Waals surface area contributed by atoms with E-state index in [9.17, 15) is 0 Å². The van der Waals surface area contributed by atoms with Crippen LogP contribution in [0.1, 0.15) is 30.9 Å². The minimum Gasteiger partial charge on any atom is -0.492 e. The zero-order chi connectivity index (χ0) is 15.2. The van der Waals surface area contributed by atoms with Gasteiger partial charge in [-0.05, 0) is 60.4 Å². The average molecular weight is 304 g/mol. The highest BCUT2D eigenvalue weighted by Crippen LogP contribution is 2.22. The number of nitrogens with one attached hydrogen (secondary N) is 1. The first-order valence-corrected chi connectivity index (χ1v) is 7.66. The van der Waals surface area contributed by atoms with Crippen LogP contribution in [0.5, 0.6) is 5.75 Å². The maximum Gasteiger partial charge on any atom is 0.119 e. The normalized spacial score (nSPS) is 10.7. The lowest BCUT2D eigenvalue weighted by Gasteiger charge is -2.12. The summed E-state index contributed by atoms with van der Waals surface area (Å²) in [5.74, 6) is 1.45. The Hall–Kier alpha value is -1.67. The highest BCUT2D eigenvalue weighted by molar-refractivity contribution is 6.30. The Kier molecular flexibility index (Phi) is 5.51. The molecule has 0 aliphatic carbocycles. The maximum absolute atomic E-state index is 5.86. The molecule has 0 bridgehead atoms. The van der Waals surface area contributed by atoms with E-state index in [1.165, 1.54) is 11.1 Å². The van der Waals surface area contributed by atoms with E-state index in [2.05, 4.69) is 44.3 Å². The summed E-state index contributed by atoms with van der Waals surface area (Å²) in [6, 6.07) is 14.1. The number of aryl methyl sites for hydroxylation is 1. The minimum atomic E-state index is 0.513. The van der Waals surface area contributed by atoms with Gasteiger partial charge in [-0.15, -0.1) is 0 Å². The van der Waals surface area contributed by atoms with Crippen molar-refractivity contribution in [1.82, 2.24) is 0 Å². The molecule has 0 fully saturated rings. The van der Waals surface area contributed by atoms with Gasteiger partial charge in [0.15, 0.2) is 0 Å². The van der Waals surface area contributed by atoms with E-state index < -0.39 is 0 Å². The molecule has 0 saturated heterocycles. The third-order valence-corrected chi connectivity index (χ3v) is 3.54. The number of halogens is 1. The first-order chi connectivity index (χ1) is 10.0. The quantitative estimate of drug-likeness (QED) is 0.735. The van der Waals surface area contributed by atoms with Crippen LogP contribution in [-0.2, 0) is 0 Å². The molecule has 0 amide bonds. The number of anilines is 1. The summed E-state index contributed by atoms with van der Waals surface area (Å²) in [6.07, 6.45) is 0. The molecule has 0 atom stereocenters. The van der Waals surface area contributed by atoms with Crippen molar-refractivity contribution < 1.29 is 4.74 Å². The second kappa shape index (κ2) is 7.37. The largest absolute Gasteiger partial charge is 0.492 e. The van der Waals surface area contributed by atoms with Crippen molar-refractivity contribution in [3.05, 3.63) is 58.6 Å². The number of hydrogen-bond acceptors (Lipinski definition) is 2. The van der Waals surface area contributed by atoms with E-state index in [1.807, 2.05) is 24.3 Å². The maximum atomic E-state index is 5.86.